The molecule has 1 aromatic carbocycles. The highest BCUT2D eigenvalue weighted by Crippen LogP contribution is 2.48. The summed E-state index contributed by atoms with van der Waals surface area (Å²) in [7, 11) is -4.03. The third-order valence-electron chi connectivity index (χ3n) is 5.85. The molecule has 0 radical (unpaired) electrons. The van der Waals surface area contributed by atoms with Crippen LogP contribution < -0.4 is 5.32 Å². The molecule has 11 nitrogen and oxygen atoms in total. The molecule has 0 spiro atoms. The molecule has 4 N–H and O–H groups in total. The van der Waals surface area contributed by atoms with Gasteiger partial charge < -0.3 is 30.4 Å². The lowest BCUT2D eigenvalue weighted by Crippen LogP contribution is -2.58. The fourth-order valence-electron chi connectivity index (χ4n) is 4.10. The first kappa shape index (κ1) is 20.5. The summed E-state index contributed by atoms with van der Waals surface area (Å²) in [6.45, 7) is 1.37. The maximum absolute atomic E-state index is 13.0. The predicted octanol–water partition coefficient (Wildman–Crippen LogP) is 0.507. The van der Waals surface area contributed by atoms with Crippen molar-refractivity contribution in [2.45, 2.75) is 42.0 Å². The van der Waals surface area contributed by atoms with Crippen molar-refractivity contribution in [2.24, 2.45) is 5.16 Å². The Morgan fingerprint density at radius 2 is 2.10 bits per heavy atom. The van der Waals surface area contributed by atoms with Crippen LogP contribution in [0.4, 0.5) is 5.69 Å². The number of fused-ring (bicyclic) bond motifs is 1. The van der Waals surface area contributed by atoms with Crippen molar-refractivity contribution in [1.29, 1.82) is 0 Å². The monoisotopic (exact) mass is 459 g/mol. The number of aromatic hydroxyl groups is 2. The second kappa shape index (κ2) is 6.64. The molecule has 30 heavy (non-hydrogen) atoms. The number of oxime groups is 1. The lowest BCUT2D eigenvalue weighted by molar-refractivity contribution is -0.156. The molecule has 0 bridgehead atoms. The molecular weight excluding hydrogens is 442 g/mol. The van der Waals surface area contributed by atoms with Crippen LogP contribution in [0.5, 0.6) is 11.5 Å². The van der Waals surface area contributed by atoms with Gasteiger partial charge in [-0.05, 0) is 19.1 Å². The standard InChI is InChI=1S/C17H18ClN3O8S/c1-17(15(16(25)26)21-11(23)5-12(21)30(17,27)28)10-4-7(29-20-10)6-19-8-2-3-9(22)14(24)13(8)18/h2-3,7,12,15,19,22,24H,4-6H2,1H3,(H,25,26)/t7?,12-,15+,17+/m1/s1. The second-order valence-electron chi connectivity index (χ2n) is 7.50. The van der Waals surface area contributed by atoms with E-state index in [9.17, 15) is 33.3 Å². The van der Waals surface area contributed by atoms with Gasteiger partial charge in [-0.25, -0.2) is 13.2 Å². The van der Waals surface area contributed by atoms with Crippen LogP contribution in [0.2, 0.25) is 5.02 Å². The van der Waals surface area contributed by atoms with Crippen LogP contribution >= 0.6 is 11.6 Å². The number of carboxylic acid groups (broad SMARTS) is 1. The third kappa shape index (κ3) is 2.63. The number of aliphatic carboxylic acids is 1. The molecule has 2 saturated heterocycles. The van der Waals surface area contributed by atoms with Gasteiger partial charge in [0, 0.05) is 6.42 Å². The van der Waals surface area contributed by atoms with Crippen molar-refractivity contribution in [1.82, 2.24) is 4.90 Å². The first-order chi connectivity index (χ1) is 14.0. The smallest absolute Gasteiger partial charge is 0.328 e. The number of rotatable bonds is 5. The predicted molar refractivity (Wildman–Crippen MR) is 104 cm³/mol. The van der Waals surface area contributed by atoms with Crippen LogP contribution in [0, 0.1) is 0 Å². The normalized spacial score (nSPS) is 31.5. The number of halogens is 1. The summed E-state index contributed by atoms with van der Waals surface area (Å²) in [6.07, 6.45) is -0.871. The quantitative estimate of drug-likeness (QED) is 0.278. The van der Waals surface area contributed by atoms with Gasteiger partial charge in [0.25, 0.3) is 0 Å². The summed E-state index contributed by atoms with van der Waals surface area (Å²) in [5, 5.41) is 34.3. The maximum atomic E-state index is 13.0. The number of anilines is 1. The van der Waals surface area contributed by atoms with Crippen molar-refractivity contribution in [3.05, 3.63) is 17.2 Å². The number of carbonyl (C=O) groups is 2. The Kier molecular flexibility index (Phi) is 4.54. The van der Waals surface area contributed by atoms with Crippen LogP contribution in [0.3, 0.4) is 0 Å². The second-order valence-corrected chi connectivity index (χ2v) is 10.4. The van der Waals surface area contributed by atoms with Crippen LogP contribution in [-0.4, -0.2) is 75.0 Å². The Labute approximate surface area is 175 Å². The van der Waals surface area contributed by atoms with Crippen LogP contribution in [0.1, 0.15) is 19.8 Å². The zero-order valence-electron chi connectivity index (χ0n) is 15.6. The lowest BCUT2D eigenvalue weighted by Gasteiger charge is -2.35. The number of phenolic OH excluding ortho intramolecular Hbond substituents is 2. The summed E-state index contributed by atoms with van der Waals surface area (Å²) in [6, 6.07) is 1.10. The Hall–Kier alpha value is -2.73. The fourth-order valence-corrected chi connectivity index (χ4v) is 6.76. The molecule has 4 atom stereocenters. The fraction of sp³-hybridized carbons (Fsp3) is 0.471. The van der Waals surface area contributed by atoms with Gasteiger partial charge in [0.15, 0.2) is 27.4 Å². The summed E-state index contributed by atoms with van der Waals surface area (Å²) in [4.78, 5) is 30.0. The van der Waals surface area contributed by atoms with E-state index in [4.69, 9.17) is 16.4 Å². The highest BCUT2D eigenvalue weighted by atomic mass is 35.5. The van der Waals surface area contributed by atoms with E-state index in [0.29, 0.717) is 5.69 Å². The molecular formula is C17H18ClN3O8S. The zero-order chi connectivity index (χ0) is 22.0. The van der Waals surface area contributed by atoms with Crippen LogP contribution in [0.15, 0.2) is 17.3 Å². The molecule has 3 aliphatic rings. The van der Waals surface area contributed by atoms with Gasteiger partial charge >= 0.3 is 5.97 Å². The number of hydrogen-bond acceptors (Lipinski definition) is 9. The van der Waals surface area contributed by atoms with Gasteiger partial charge in [-0.1, -0.05) is 16.8 Å². The first-order valence-corrected chi connectivity index (χ1v) is 10.9. The average molecular weight is 460 g/mol. The van der Waals surface area contributed by atoms with Gasteiger partial charge in [0.1, 0.15) is 21.2 Å². The van der Waals surface area contributed by atoms with E-state index >= 15 is 0 Å². The molecule has 0 aromatic heterocycles. The zero-order valence-corrected chi connectivity index (χ0v) is 17.1. The number of sulfone groups is 1. The Balaban J connectivity index is 1.53. The van der Waals surface area contributed by atoms with Gasteiger partial charge in [0.2, 0.25) is 5.91 Å². The van der Waals surface area contributed by atoms with E-state index in [1.807, 2.05) is 0 Å². The number of nitrogens with zero attached hydrogens (tertiary/aromatic N) is 2. The number of phenols is 2. The topological polar surface area (TPSA) is 166 Å². The molecule has 13 heteroatoms. The highest BCUT2D eigenvalue weighted by molar-refractivity contribution is 7.94. The molecule has 2 fully saturated rings. The minimum absolute atomic E-state index is 0.0168. The number of amides is 1. The Bertz CT molecular complexity index is 1090. The van der Waals surface area contributed by atoms with Crippen molar-refractivity contribution < 1.29 is 38.2 Å². The number of nitrogens with one attached hydrogen (secondary N) is 1. The number of β-lactam (4-membered cyclic amide) rings is 1. The van der Waals surface area contributed by atoms with Crippen molar-refractivity contribution in [3.63, 3.8) is 0 Å². The number of carbonyl (C=O) groups excluding carboxylic acids is 1. The number of carboxylic acids is 1. The number of benzene rings is 1. The Morgan fingerprint density at radius 1 is 1.40 bits per heavy atom. The molecule has 0 saturated carbocycles. The van der Waals surface area contributed by atoms with Gasteiger partial charge in [-0.2, -0.15) is 0 Å². The summed E-state index contributed by atoms with van der Waals surface area (Å²) >= 11 is 5.96. The van der Waals surface area contributed by atoms with Gasteiger partial charge in [-0.15, -0.1) is 0 Å². The summed E-state index contributed by atoms with van der Waals surface area (Å²) in [5.74, 6) is -2.83. The summed E-state index contributed by atoms with van der Waals surface area (Å²) in [5.41, 5.74) is 0.338. The molecule has 1 aromatic rings. The van der Waals surface area contributed by atoms with Gasteiger partial charge in [-0.3, -0.25) is 4.79 Å². The molecule has 0 aliphatic carbocycles. The molecule has 162 valence electrons. The molecule has 4 rings (SSSR count). The lowest BCUT2D eigenvalue weighted by atomic mass is 9.89. The SMILES string of the molecule is C[C@]1(C2=NOC(CNc3ccc(O)c(O)c3Cl)C2)[C@H](C(=O)O)N2C(=O)C[C@H]2S1(=O)=O. The van der Waals surface area contributed by atoms with Gasteiger partial charge in [0.05, 0.1) is 24.4 Å². The number of hydrogen-bond donors (Lipinski definition) is 4. The molecule has 3 heterocycles. The van der Waals surface area contributed by atoms with E-state index in [0.717, 1.165) is 4.90 Å². The highest BCUT2D eigenvalue weighted by Gasteiger charge is 2.72. The van der Waals surface area contributed by atoms with E-state index in [1.54, 1.807) is 0 Å². The van der Waals surface area contributed by atoms with Crippen molar-refractivity contribution in [2.75, 3.05) is 11.9 Å². The molecule has 3 aliphatic heterocycles. The molecule has 1 amide bonds. The first-order valence-electron chi connectivity index (χ1n) is 8.95. The van der Waals surface area contributed by atoms with E-state index in [-0.39, 0.29) is 35.9 Å². The third-order valence-corrected chi connectivity index (χ3v) is 8.99. The minimum Gasteiger partial charge on any atom is -0.504 e. The Morgan fingerprint density at radius 3 is 2.73 bits per heavy atom. The minimum atomic E-state index is -4.03. The van der Waals surface area contributed by atoms with E-state index < -0.39 is 49.7 Å². The van der Waals surface area contributed by atoms with Crippen LogP contribution in [-0.2, 0) is 24.3 Å². The van der Waals surface area contributed by atoms with Crippen molar-refractivity contribution in [3.8, 4) is 11.5 Å². The largest absolute Gasteiger partial charge is 0.504 e. The van der Waals surface area contributed by atoms with Crippen LogP contribution in [0.25, 0.3) is 0 Å². The summed E-state index contributed by atoms with van der Waals surface area (Å²) < 4.78 is 24.2. The van der Waals surface area contributed by atoms with E-state index in [1.165, 1.54) is 19.1 Å². The maximum Gasteiger partial charge on any atom is 0.328 e. The van der Waals surface area contributed by atoms with E-state index in [2.05, 4.69) is 10.5 Å². The average Bonchev–Trinajstić information content (AvgIpc) is 3.20. The molecule has 1 unspecified atom stereocenters. The van der Waals surface area contributed by atoms with Crippen molar-refractivity contribution >= 4 is 44.7 Å².